The molecule has 0 rings (SSSR count). The van der Waals surface area contributed by atoms with Gasteiger partial charge in [-0.05, 0) is 25.8 Å². The Balaban J connectivity index is 3.58. The van der Waals surface area contributed by atoms with Crippen LogP contribution in [0.2, 0.25) is 0 Å². The summed E-state index contributed by atoms with van der Waals surface area (Å²) in [4.78, 5) is 11.8. The molecule has 0 fully saturated rings. The molecule has 0 aromatic heterocycles. The number of carbonyl (C=O) groups excluding carboxylic acids is 1. The van der Waals surface area contributed by atoms with Crippen molar-refractivity contribution in [2.75, 3.05) is 19.6 Å². The molecule has 0 aliphatic heterocycles. The van der Waals surface area contributed by atoms with Crippen LogP contribution in [0.4, 0.5) is 0 Å². The molecule has 0 saturated carbocycles. The van der Waals surface area contributed by atoms with E-state index in [9.17, 15) is 4.79 Å². The summed E-state index contributed by atoms with van der Waals surface area (Å²) in [6.45, 7) is 9.06. The van der Waals surface area contributed by atoms with Gasteiger partial charge >= 0.3 is 0 Å². The van der Waals surface area contributed by atoms with Gasteiger partial charge in [-0.3, -0.25) is 4.79 Å². The molecule has 0 heterocycles. The Kier molecular flexibility index (Phi) is 10.5. The molecule has 0 aromatic carbocycles. The topological polar surface area (TPSA) is 41.1 Å². The van der Waals surface area contributed by atoms with Crippen LogP contribution in [0.15, 0.2) is 0 Å². The van der Waals surface area contributed by atoms with Crippen LogP contribution < -0.4 is 10.6 Å². The molecule has 1 unspecified atom stereocenters. The minimum atomic E-state index is 0.214. The Morgan fingerprint density at radius 2 is 1.81 bits per heavy atom. The smallest absolute Gasteiger partial charge is 0.223 e. The van der Waals surface area contributed by atoms with Gasteiger partial charge in [0.2, 0.25) is 5.91 Å². The van der Waals surface area contributed by atoms with Crippen LogP contribution in [0.25, 0.3) is 0 Å². The minimum absolute atomic E-state index is 0.214. The second-order valence-corrected chi connectivity index (χ2v) is 4.29. The number of hydrogen-bond acceptors (Lipinski definition) is 2. The summed E-state index contributed by atoms with van der Waals surface area (Å²) in [7, 11) is 0. The lowest BCUT2D eigenvalue weighted by atomic mass is 9.98. The van der Waals surface area contributed by atoms with Gasteiger partial charge in [-0.25, -0.2) is 0 Å². The average molecular weight is 228 g/mol. The SMILES string of the molecule is CCCCC(CC)C(=O)NCCNCCC. The maximum atomic E-state index is 11.8. The highest BCUT2D eigenvalue weighted by Gasteiger charge is 2.14. The number of rotatable bonds is 10. The highest BCUT2D eigenvalue weighted by Crippen LogP contribution is 2.12. The molecule has 1 atom stereocenters. The maximum Gasteiger partial charge on any atom is 0.223 e. The third kappa shape index (κ3) is 7.69. The van der Waals surface area contributed by atoms with Gasteiger partial charge in [0.25, 0.3) is 0 Å². The molecule has 0 aromatic rings. The van der Waals surface area contributed by atoms with Crippen molar-refractivity contribution in [1.29, 1.82) is 0 Å². The van der Waals surface area contributed by atoms with Gasteiger partial charge in [0.05, 0.1) is 0 Å². The lowest BCUT2D eigenvalue weighted by Crippen LogP contribution is -2.35. The first-order valence-corrected chi connectivity index (χ1v) is 6.74. The molecule has 0 bridgehead atoms. The van der Waals surface area contributed by atoms with Crippen LogP contribution in [-0.2, 0) is 4.79 Å². The van der Waals surface area contributed by atoms with E-state index in [1.165, 1.54) is 6.42 Å². The Morgan fingerprint density at radius 1 is 1.06 bits per heavy atom. The van der Waals surface area contributed by atoms with E-state index in [1.807, 2.05) is 0 Å². The van der Waals surface area contributed by atoms with Gasteiger partial charge in [0.1, 0.15) is 0 Å². The zero-order chi connectivity index (χ0) is 12.2. The molecule has 3 nitrogen and oxygen atoms in total. The molecule has 0 aliphatic carbocycles. The molecule has 0 radical (unpaired) electrons. The standard InChI is InChI=1S/C13H28N2O/c1-4-7-8-12(6-3)13(16)15-11-10-14-9-5-2/h12,14H,4-11H2,1-3H3,(H,15,16). The van der Waals surface area contributed by atoms with Gasteiger partial charge < -0.3 is 10.6 Å². The Hall–Kier alpha value is -0.570. The minimum Gasteiger partial charge on any atom is -0.355 e. The van der Waals surface area contributed by atoms with Gasteiger partial charge in [-0.2, -0.15) is 0 Å². The van der Waals surface area contributed by atoms with Crippen molar-refractivity contribution in [3.8, 4) is 0 Å². The molecular formula is C13H28N2O. The van der Waals surface area contributed by atoms with Crippen LogP contribution in [0.1, 0.15) is 52.9 Å². The van der Waals surface area contributed by atoms with E-state index in [4.69, 9.17) is 0 Å². The fourth-order valence-electron chi connectivity index (χ4n) is 1.69. The van der Waals surface area contributed by atoms with Gasteiger partial charge in [0.15, 0.2) is 0 Å². The van der Waals surface area contributed by atoms with Crippen molar-refractivity contribution >= 4 is 5.91 Å². The molecule has 1 amide bonds. The van der Waals surface area contributed by atoms with Crippen molar-refractivity contribution in [2.24, 2.45) is 5.92 Å². The van der Waals surface area contributed by atoms with Gasteiger partial charge in [0, 0.05) is 19.0 Å². The molecular weight excluding hydrogens is 200 g/mol. The molecule has 16 heavy (non-hydrogen) atoms. The first-order valence-electron chi connectivity index (χ1n) is 6.74. The number of carbonyl (C=O) groups is 1. The summed E-state index contributed by atoms with van der Waals surface area (Å²) < 4.78 is 0. The number of unbranched alkanes of at least 4 members (excludes halogenated alkanes) is 1. The Bertz CT molecular complexity index is 171. The largest absolute Gasteiger partial charge is 0.355 e. The number of nitrogens with one attached hydrogen (secondary N) is 2. The van der Waals surface area contributed by atoms with E-state index in [0.29, 0.717) is 0 Å². The fraction of sp³-hybridized carbons (Fsp3) is 0.923. The monoisotopic (exact) mass is 228 g/mol. The van der Waals surface area contributed by atoms with Crippen LogP contribution >= 0.6 is 0 Å². The second-order valence-electron chi connectivity index (χ2n) is 4.29. The van der Waals surface area contributed by atoms with E-state index < -0.39 is 0 Å². The summed E-state index contributed by atoms with van der Waals surface area (Å²) in [5, 5.41) is 6.28. The molecule has 0 saturated heterocycles. The van der Waals surface area contributed by atoms with Crippen molar-refractivity contribution in [2.45, 2.75) is 52.9 Å². The maximum absolute atomic E-state index is 11.8. The molecule has 2 N–H and O–H groups in total. The lowest BCUT2D eigenvalue weighted by Gasteiger charge is -2.14. The first kappa shape index (κ1) is 15.4. The van der Waals surface area contributed by atoms with Crippen molar-refractivity contribution in [3.05, 3.63) is 0 Å². The summed E-state index contributed by atoms with van der Waals surface area (Å²) in [5.74, 6) is 0.445. The first-order chi connectivity index (χ1) is 7.76. The van der Waals surface area contributed by atoms with Crippen LogP contribution in [0, 0.1) is 5.92 Å². The molecule has 3 heteroatoms. The molecule has 0 aliphatic rings. The Morgan fingerprint density at radius 3 is 2.38 bits per heavy atom. The van der Waals surface area contributed by atoms with E-state index >= 15 is 0 Å². The number of amides is 1. The quantitative estimate of drug-likeness (QED) is 0.563. The normalized spacial score (nSPS) is 12.4. The lowest BCUT2D eigenvalue weighted by molar-refractivity contribution is -0.125. The zero-order valence-corrected chi connectivity index (χ0v) is 11.1. The average Bonchev–Trinajstić information content (AvgIpc) is 2.30. The molecule has 96 valence electrons. The van der Waals surface area contributed by atoms with E-state index in [-0.39, 0.29) is 11.8 Å². The Labute approximate surface area is 100 Å². The van der Waals surface area contributed by atoms with E-state index in [0.717, 1.165) is 45.3 Å². The van der Waals surface area contributed by atoms with E-state index in [2.05, 4.69) is 31.4 Å². The van der Waals surface area contributed by atoms with Crippen molar-refractivity contribution in [1.82, 2.24) is 10.6 Å². The predicted molar refractivity (Wildman–Crippen MR) is 69.5 cm³/mol. The highest BCUT2D eigenvalue weighted by molar-refractivity contribution is 5.78. The summed E-state index contributed by atoms with van der Waals surface area (Å²) >= 11 is 0. The summed E-state index contributed by atoms with van der Waals surface area (Å²) in [6.07, 6.45) is 5.44. The zero-order valence-electron chi connectivity index (χ0n) is 11.1. The van der Waals surface area contributed by atoms with Crippen LogP contribution in [0.5, 0.6) is 0 Å². The second kappa shape index (κ2) is 10.9. The summed E-state index contributed by atoms with van der Waals surface area (Å²) in [6, 6.07) is 0. The van der Waals surface area contributed by atoms with Gasteiger partial charge in [-0.15, -0.1) is 0 Å². The van der Waals surface area contributed by atoms with E-state index in [1.54, 1.807) is 0 Å². The predicted octanol–water partition coefficient (Wildman–Crippen LogP) is 2.32. The molecule has 0 spiro atoms. The van der Waals surface area contributed by atoms with Crippen LogP contribution in [0.3, 0.4) is 0 Å². The fourth-order valence-corrected chi connectivity index (χ4v) is 1.69. The van der Waals surface area contributed by atoms with Crippen molar-refractivity contribution < 1.29 is 4.79 Å². The van der Waals surface area contributed by atoms with Crippen molar-refractivity contribution in [3.63, 3.8) is 0 Å². The third-order valence-corrected chi connectivity index (χ3v) is 2.80. The highest BCUT2D eigenvalue weighted by atomic mass is 16.1. The summed E-state index contributed by atoms with van der Waals surface area (Å²) in [5.41, 5.74) is 0. The third-order valence-electron chi connectivity index (χ3n) is 2.80. The van der Waals surface area contributed by atoms with Crippen LogP contribution in [-0.4, -0.2) is 25.5 Å². The van der Waals surface area contributed by atoms with Gasteiger partial charge in [-0.1, -0.05) is 33.6 Å². The number of hydrogen-bond donors (Lipinski definition) is 2.